The maximum Gasteiger partial charge on any atom is 0.164 e. The number of nitrogens with zero attached hydrogens (tertiary/aromatic N) is 1. The molecule has 2 aromatic rings. The summed E-state index contributed by atoms with van der Waals surface area (Å²) in [6, 6.07) is 12.9. The van der Waals surface area contributed by atoms with E-state index in [-0.39, 0.29) is 11.3 Å². The summed E-state index contributed by atoms with van der Waals surface area (Å²) in [4.78, 5) is 13.7. The zero-order chi connectivity index (χ0) is 13.4. The smallest absolute Gasteiger partial charge is 0.164 e. The molecule has 2 aromatic carbocycles. The van der Waals surface area contributed by atoms with Gasteiger partial charge in [0.05, 0.1) is 11.3 Å². The summed E-state index contributed by atoms with van der Waals surface area (Å²) < 4.78 is 13.8. The van der Waals surface area contributed by atoms with Crippen LogP contribution in [0.15, 0.2) is 42.5 Å². The Balaban J connectivity index is 2.02. The molecule has 19 heavy (non-hydrogen) atoms. The highest BCUT2D eigenvalue weighted by atomic mass is 19.1. The zero-order valence-corrected chi connectivity index (χ0v) is 10.7. The van der Waals surface area contributed by atoms with Crippen LogP contribution in [0.4, 0.5) is 10.1 Å². The normalized spacial score (nSPS) is 13.5. The molecule has 3 rings (SSSR count). The topological polar surface area (TPSA) is 20.3 Å². The average Bonchev–Trinajstić information content (AvgIpc) is 2.81. The molecule has 0 fully saturated rings. The summed E-state index contributed by atoms with van der Waals surface area (Å²) in [6.45, 7) is 2.85. The highest BCUT2D eigenvalue weighted by molar-refractivity contribution is 6.00. The van der Waals surface area contributed by atoms with Crippen molar-refractivity contribution in [3.8, 4) is 0 Å². The monoisotopic (exact) mass is 255 g/mol. The van der Waals surface area contributed by atoms with Gasteiger partial charge in [-0.3, -0.25) is 4.79 Å². The van der Waals surface area contributed by atoms with Gasteiger partial charge in [0, 0.05) is 13.1 Å². The molecule has 0 aromatic heterocycles. The number of carbonyl (C=O) groups is 1. The van der Waals surface area contributed by atoms with Gasteiger partial charge in [0.15, 0.2) is 5.78 Å². The first-order chi connectivity index (χ1) is 9.16. The lowest BCUT2D eigenvalue weighted by atomic mass is 10.1. The Morgan fingerprint density at radius 2 is 1.68 bits per heavy atom. The maximum atomic E-state index is 13.8. The summed E-state index contributed by atoms with van der Waals surface area (Å²) in [5.74, 6) is -0.676. The van der Waals surface area contributed by atoms with E-state index in [0.717, 1.165) is 13.1 Å². The number of hydrogen-bond donors (Lipinski definition) is 0. The molecule has 0 radical (unpaired) electrons. The van der Waals surface area contributed by atoms with Crippen molar-refractivity contribution in [2.75, 3.05) is 4.90 Å². The van der Waals surface area contributed by atoms with Gasteiger partial charge in [0.2, 0.25) is 0 Å². The fourth-order valence-electron chi connectivity index (χ4n) is 2.63. The standard InChI is InChI=1S/C16H14FNO/c1-11(19)16-14(17)7-4-8-15(16)18-9-12-5-2-3-6-13(12)10-18/h2-8H,9-10H2,1H3. The second kappa shape index (κ2) is 4.50. The van der Waals surface area contributed by atoms with Crippen molar-refractivity contribution < 1.29 is 9.18 Å². The summed E-state index contributed by atoms with van der Waals surface area (Å²) in [6.07, 6.45) is 0. The van der Waals surface area contributed by atoms with Gasteiger partial charge in [-0.2, -0.15) is 0 Å². The van der Waals surface area contributed by atoms with E-state index in [2.05, 4.69) is 12.1 Å². The predicted molar refractivity (Wildman–Crippen MR) is 72.7 cm³/mol. The number of hydrogen-bond acceptors (Lipinski definition) is 2. The van der Waals surface area contributed by atoms with Crippen LogP contribution in [0, 0.1) is 5.82 Å². The largest absolute Gasteiger partial charge is 0.362 e. The van der Waals surface area contributed by atoms with Crippen LogP contribution in [0.5, 0.6) is 0 Å². The van der Waals surface area contributed by atoms with Crippen LogP contribution >= 0.6 is 0 Å². The Morgan fingerprint density at radius 1 is 1.05 bits per heavy atom. The van der Waals surface area contributed by atoms with Crippen LogP contribution in [-0.2, 0) is 13.1 Å². The van der Waals surface area contributed by atoms with Crippen LogP contribution in [0.2, 0.25) is 0 Å². The number of benzene rings is 2. The number of halogens is 1. The third-order valence-electron chi connectivity index (χ3n) is 3.53. The number of fused-ring (bicyclic) bond motifs is 1. The molecular weight excluding hydrogens is 241 g/mol. The molecule has 0 atom stereocenters. The van der Waals surface area contributed by atoms with Crippen molar-refractivity contribution in [1.29, 1.82) is 0 Å². The molecule has 0 bridgehead atoms. The van der Waals surface area contributed by atoms with Crippen molar-refractivity contribution in [1.82, 2.24) is 0 Å². The number of carbonyl (C=O) groups excluding carboxylic acids is 1. The lowest BCUT2D eigenvalue weighted by Crippen LogP contribution is -2.18. The first-order valence-corrected chi connectivity index (χ1v) is 6.28. The van der Waals surface area contributed by atoms with E-state index in [0.29, 0.717) is 5.69 Å². The Hall–Kier alpha value is -2.16. The van der Waals surface area contributed by atoms with Gasteiger partial charge >= 0.3 is 0 Å². The lowest BCUT2D eigenvalue weighted by Gasteiger charge is -2.20. The molecule has 0 aliphatic carbocycles. The molecule has 0 saturated carbocycles. The Labute approximate surface area is 111 Å². The molecule has 3 heteroatoms. The second-order valence-electron chi connectivity index (χ2n) is 4.81. The van der Waals surface area contributed by atoms with Crippen molar-refractivity contribution in [2.45, 2.75) is 20.0 Å². The summed E-state index contributed by atoms with van der Waals surface area (Å²) in [5.41, 5.74) is 3.35. The molecule has 0 saturated heterocycles. The van der Waals surface area contributed by atoms with Gasteiger partial charge < -0.3 is 4.90 Å². The summed E-state index contributed by atoms with van der Waals surface area (Å²) >= 11 is 0. The Morgan fingerprint density at radius 3 is 2.26 bits per heavy atom. The zero-order valence-electron chi connectivity index (χ0n) is 10.7. The SMILES string of the molecule is CC(=O)c1c(F)cccc1N1Cc2ccccc2C1. The highest BCUT2D eigenvalue weighted by Gasteiger charge is 2.23. The third-order valence-corrected chi connectivity index (χ3v) is 3.53. The van der Waals surface area contributed by atoms with E-state index in [1.165, 1.54) is 24.1 Å². The third kappa shape index (κ3) is 2.01. The van der Waals surface area contributed by atoms with Gasteiger partial charge in [-0.25, -0.2) is 4.39 Å². The molecule has 96 valence electrons. The molecule has 1 aliphatic heterocycles. The fourth-order valence-corrected chi connectivity index (χ4v) is 2.63. The van der Waals surface area contributed by atoms with Gasteiger partial charge in [-0.1, -0.05) is 30.3 Å². The van der Waals surface area contributed by atoms with Crippen LogP contribution in [0.1, 0.15) is 28.4 Å². The van der Waals surface area contributed by atoms with Crippen LogP contribution in [0.3, 0.4) is 0 Å². The van der Waals surface area contributed by atoms with Crippen LogP contribution in [-0.4, -0.2) is 5.78 Å². The molecule has 0 N–H and O–H groups in total. The average molecular weight is 255 g/mol. The minimum Gasteiger partial charge on any atom is -0.362 e. The highest BCUT2D eigenvalue weighted by Crippen LogP contribution is 2.31. The Bertz CT molecular complexity index is 626. The minimum absolute atomic E-state index is 0.190. The second-order valence-corrected chi connectivity index (χ2v) is 4.81. The maximum absolute atomic E-state index is 13.8. The van der Waals surface area contributed by atoms with Gasteiger partial charge in [0.25, 0.3) is 0 Å². The number of anilines is 1. The van der Waals surface area contributed by atoms with Crippen LogP contribution in [0.25, 0.3) is 0 Å². The van der Waals surface area contributed by atoms with E-state index in [1.54, 1.807) is 6.07 Å². The quantitative estimate of drug-likeness (QED) is 0.765. The van der Waals surface area contributed by atoms with Crippen molar-refractivity contribution >= 4 is 11.5 Å². The first kappa shape index (κ1) is 11.9. The molecule has 2 nitrogen and oxygen atoms in total. The predicted octanol–water partition coefficient (Wildman–Crippen LogP) is 3.55. The van der Waals surface area contributed by atoms with Crippen molar-refractivity contribution in [3.63, 3.8) is 0 Å². The van der Waals surface area contributed by atoms with E-state index >= 15 is 0 Å². The molecule has 1 aliphatic rings. The van der Waals surface area contributed by atoms with E-state index in [9.17, 15) is 9.18 Å². The minimum atomic E-state index is -0.444. The van der Waals surface area contributed by atoms with Gasteiger partial charge in [-0.05, 0) is 30.2 Å². The van der Waals surface area contributed by atoms with E-state index in [4.69, 9.17) is 0 Å². The van der Waals surface area contributed by atoms with Crippen LogP contribution < -0.4 is 4.90 Å². The summed E-state index contributed by atoms with van der Waals surface area (Å²) in [7, 11) is 0. The van der Waals surface area contributed by atoms with Gasteiger partial charge in [-0.15, -0.1) is 0 Å². The number of ketones is 1. The van der Waals surface area contributed by atoms with Crippen molar-refractivity contribution in [2.24, 2.45) is 0 Å². The lowest BCUT2D eigenvalue weighted by molar-refractivity contribution is 0.101. The first-order valence-electron chi connectivity index (χ1n) is 6.28. The van der Waals surface area contributed by atoms with Gasteiger partial charge in [0.1, 0.15) is 5.82 Å². The van der Waals surface area contributed by atoms with E-state index < -0.39 is 5.82 Å². The molecule has 0 spiro atoms. The van der Waals surface area contributed by atoms with Crippen molar-refractivity contribution in [3.05, 3.63) is 65.0 Å². The molecule has 1 heterocycles. The van der Waals surface area contributed by atoms with E-state index in [1.807, 2.05) is 23.1 Å². The molecule has 0 amide bonds. The fraction of sp³-hybridized carbons (Fsp3) is 0.188. The number of Topliss-reactive ketones (excluding diaryl/α,β-unsaturated/α-hetero) is 1. The molecule has 0 unspecified atom stereocenters. The summed E-state index contributed by atoms with van der Waals surface area (Å²) in [5, 5.41) is 0. The Kier molecular flexibility index (Phi) is 2.82. The number of rotatable bonds is 2. The molecular formula is C16H14FNO.